The van der Waals surface area contributed by atoms with Crippen LogP contribution in [0.15, 0.2) is 18.3 Å². The topological polar surface area (TPSA) is 34.2 Å². The van der Waals surface area contributed by atoms with Gasteiger partial charge in [0, 0.05) is 12.2 Å². The predicted molar refractivity (Wildman–Crippen MR) is 76.1 cm³/mol. The summed E-state index contributed by atoms with van der Waals surface area (Å²) >= 11 is 0. The van der Waals surface area contributed by atoms with Crippen LogP contribution in [0.2, 0.25) is 0 Å². The van der Waals surface area contributed by atoms with Crippen molar-refractivity contribution in [3.05, 3.63) is 24.0 Å². The second-order valence-corrected chi connectivity index (χ2v) is 4.63. The molecule has 3 heteroatoms. The molecule has 0 aliphatic carbocycles. The molecule has 1 aromatic heterocycles. The van der Waals surface area contributed by atoms with Crippen molar-refractivity contribution in [2.45, 2.75) is 52.0 Å². The lowest BCUT2D eigenvalue weighted by molar-refractivity contribution is 0.400. The molecule has 102 valence electrons. The lowest BCUT2D eigenvalue weighted by Gasteiger charge is -2.18. The first-order chi connectivity index (χ1) is 8.81. The SMILES string of the molecule is CCCNC(CCC)CCc1ncccc1OC. The molecule has 0 saturated heterocycles. The minimum absolute atomic E-state index is 0.599. The number of ether oxygens (including phenoxy) is 1. The van der Waals surface area contributed by atoms with Crippen LogP contribution in [0.1, 0.15) is 45.2 Å². The molecular weight excluding hydrogens is 224 g/mol. The number of nitrogens with one attached hydrogen (secondary N) is 1. The van der Waals surface area contributed by atoms with Gasteiger partial charge in [-0.05, 0) is 44.4 Å². The summed E-state index contributed by atoms with van der Waals surface area (Å²) < 4.78 is 5.34. The zero-order chi connectivity index (χ0) is 13.2. The molecule has 0 aliphatic heterocycles. The van der Waals surface area contributed by atoms with E-state index in [-0.39, 0.29) is 0 Å². The first-order valence-electron chi connectivity index (χ1n) is 7.03. The van der Waals surface area contributed by atoms with Gasteiger partial charge in [0.15, 0.2) is 0 Å². The Bertz CT molecular complexity index is 328. The maximum Gasteiger partial charge on any atom is 0.140 e. The number of methoxy groups -OCH3 is 1. The van der Waals surface area contributed by atoms with Crippen molar-refractivity contribution in [3.63, 3.8) is 0 Å². The minimum Gasteiger partial charge on any atom is -0.495 e. The van der Waals surface area contributed by atoms with Crippen LogP contribution < -0.4 is 10.1 Å². The van der Waals surface area contributed by atoms with Gasteiger partial charge in [0.2, 0.25) is 0 Å². The van der Waals surface area contributed by atoms with Crippen LogP contribution in [-0.2, 0) is 6.42 Å². The molecule has 0 aromatic carbocycles. The second-order valence-electron chi connectivity index (χ2n) is 4.63. The zero-order valence-electron chi connectivity index (χ0n) is 11.9. The number of nitrogens with zero attached hydrogens (tertiary/aromatic N) is 1. The van der Waals surface area contributed by atoms with Gasteiger partial charge in [-0.1, -0.05) is 20.3 Å². The van der Waals surface area contributed by atoms with Gasteiger partial charge in [-0.2, -0.15) is 0 Å². The van der Waals surface area contributed by atoms with Crippen LogP contribution in [0, 0.1) is 0 Å². The molecule has 1 rings (SSSR count). The molecular formula is C15H26N2O. The molecule has 1 atom stereocenters. The van der Waals surface area contributed by atoms with E-state index < -0.39 is 0 Å². The quantitative estimate of drug-likeness (QED) is 0.731. The third-order valence-electron chi connectivity index (χ3n) is 3.12. The highest BCUT2D eigenvalue weighted by Gasteiger charge is 2.09. The summed E-state index contributed by atoms with van der Waals surface area (Å²) in [6, 6.07) is 4.50. The van der Waals surface area contributed by atoms with Gasteiger partial charge in [0.1, 0.15) is 5.75 Å². The number of aromatic nitrogens is 1. The van der Waals surface area contributed by atoms with Crippen LogP contribution in [-0.4, -0.2) is 24.7 Å². The van der Waals surface area contributed by atoms with Gasteiger partial charge < -0.3 is 10.1 Å². The van der Waals surface area contributed by atoms with Crippen LogP contribution in [0.25, 0.3) is 0 Å². The highest BCUT2D eigenvalue weighted by molar-refractivity contribution is 5.26. The fourth-order valence-corrected chi connectivity index (χ4v) is 2.15. The summed E-state index contributed by atoms with van der Waals surface area (Å²) in [5.41, 5.74) is 1.07. The number of aryl methyl sites for hydroxylation is 1. The zero-order valence-corrected chi connectivity index (χ0v) is 11.9. The fourth-order valence-electron chi connectivity index (χ4n) is 2.15. The van der Waals surface area contributed by atoms with Crippen molar-refractivity contribution >= 4 is 0 Å². The smallest absolute Gasteiger partial charge is 0.140 e. The molecule has 1 unspecified atom stereocenters. The number of rotatable bonds is 9. The minimum atomic E-state index is 0.599. The fraction of sp³-hybridized carbons (Fsp3) is 0.667. The summed E-state index contributed by atoms with van der Waals surface area (Å²) in [6.07, 6.45) is 7.59. The monoisotopic (exact) mass is 250 g/mol. The van der Waals surface area contributed by atoms with Crippen molar-refractivity contribution in [1.82, 2.24) is 10.3 Å². The molecule has 0 aliphatic rings. The van der Waals surface area contributed by atoms with Gasteiger partial charge in [-0.15, -0.1) is 0 Å². The lowest BCUT2D eigenvalue weighted by Crippen LogP contribution is -2.30. The molecule has 0 fully saturated rings. The molecule has 0 amide bonds. The Hall–Kier alpha value is -1.09. The molecule has 0 spiro atoms. The van der Waals surface area contributed by atoms with Crippen molar-refractivity contribution in [3.8, 4) is 5.75 Å². The Labute approximate surface area is 111 Å². The van der Waals surface area contributed by atoms with Gasteiger partial charge in [-0.25, -0.2) is 0 Å². The molecule has 0 bridgehead atoms. The van der Waals surface area contributed by atoms with E-state index in [9.17, 15) is 0 Å². The van der Waals surface area contributed by atoms with Crippen molar-refractivity contribution in [2.75, 3.05) is 13.7 Å². The van der Waals surface area contributed by atoms with E-state index in [1.807, 2.05) is 18.3 Å². The van der Waals surface area contributed by atoms with E-state index in [0.29, 0.717) is 6.04 Å². The molecule has 18 heavy (non-hydrogen) atoms. The van der Waals surface area contributed by atoms with Crippen molar-refractivity contribution in [1.29, 1.82) is 0 Å². The van der Waals surface area contributed by atoms with Crippen LogP contribution >= 0.6 is 0 Å². The predicted octanol–water partition coefficient (Wildman–Crippen LogP) is 3.19. The van der Waals surface area contributed by atoms with Crippen LogP contribution in [0.4, 0.5) is 0 Å². The van der Waals surface area contributed by atoms with Gasteiger partial charge in [-0.3, -0.25) is 4.98 Å². The third kappa shape index (κ3) is 5.05. The number of pyridine rings is 1. The Morgan fingerprint density at radius 1 is 1.28 bits per heavy atom. The first kappa shape index (κ1) is 15.0. The second kappa shape index (κ2) is 8.92. The maximum absolute atomic E-state index is 5.34. The van der Waals surface area contributed by atoms with Gasteiger partial charge in [0.25, 0.3) is 0 Å². The Morgan fingerprint density at radius 2 is 2.11 bits per heavy atom. The first-order valence-corrected chi connectivity index (χ1v) is 7.03. The van der Waals surface area contributed by atoms with E-state index in [4.69, 9.17) is 4.74 Å². The van der Waals surface area contributed by atoms with Crippen LogP contribution in [0.3, 0.4) is 0 Å². The Morgan fingerprint density at radius 3 is 2.78 bits per heavy atom. The standard InChI is InChI=1S/C15H26N2O/c1-4-7-13(16-11-5-2)9-10-14-15(18-3)8-6-12-17-14/h6,8,12-13,16H,4-5,7,9-11H2,1-3H3. The largest absolute Gasteiger partial charge is 0.495 e. The normalized spacial score (nSPS) is 12.4. The van der Waals surface area contributed by atoms with Gasteiger partial charge in [0.05, 0.1) is 12.8 Å². The Kier molecular flexibility index (Phi) is 7.42. The highest BCUT2D eigenvalue weighted by atomic mass is 16.5. The molecule has 1 N–H and O–H groups in total. The maximum atomic E-state index is 5.34. The molecule has 1 aromatic rings. The van der Waals surface area contributed by atoms with E-state index in [1.165, 1.54) is 19.3 Å². The number of hydrogen-bond acceptors (Lipinski definition) is 3. The average Bonchev–Trinajstić information content (AvgIpc) is 2.42. The summed E-state index contributed by atoms with van der Waals surface area (Å²) in [5.74, 6) is 0.906. The van der Waals surface area contributed by atoms with Crippen molar-refractivity contribution < 1.29 is 4.74 Å². The van der Waals surface area contributed by atoms with Crippen molar-refractivity contribution in [2.24, 2.45) is 0 Å². The average molecular weight is 250 g/mol. The molecule has 1 heterocycles. The summed E-state index contributed by atoms with van der Waals surface area (Å²) in [6.45, 7) is 5.55. The molecule has 0 radical (unpaired) electrons. The lowest BCUT2D eigenvalue weighted by atomic mass is 10.0. The van der Waals surface area contributed by atoms with E-state index in [1.54, 1.807) is 7.11 Å². The summed E-state index contributed by atoms with van der Waals surface area (Å²) in [5, 5.41) is 3.61. The summed E-state index contributed by atoms with van der Waals surface area (Å²) in [4.78, 5) is 4.41. The molecule has 3 nitrogen and oxygen atoms in total. The van der Waals surface area contributed by atoms with E-state index in [0.717, 1.165) is 30.8 Å². The Balaban J connectivity index is 2.49. The van der Waals surface area contributed by atoms with Gasteiger partial charge >= 0.3 is 0 Å². The molecule has 0 saturated carbocycles. The number of hydrogen-bond donors (Lipinski definition) is 1. The van der Waals surface area contributed by atoms with Crippen LogP contribution in [0.5, 0.6) is 5.75 Å². The van der Waals surface area contributed by atoms with E-state index >= 15 is 0 Å². The van der Waals surface area contributed by atoms with E-state index in [2.05, 4.69) is 24.1 Å². The third-order valence-corrected chi connectivity index (χ3v) is 3.12. The summed E-state index contributed by atoms with van der Waals surface area (Å²) in [7, 11) is 1.71. The highest BCUT2D eigenvalue weighted by Crippen LogP contribution is 2.17.